The van der Waals surface area contributed by atoms with Crippen molar-refractivity contribution in [3.8, 4) is 0 Å². The van der Waals surface area contributed by atoms with E-state index in [1.165, 1.54) is 4.90 Å². The quantitative estimate of drug-likeness (QED) is 0.664. The minimum atomic E-state index is -1.07. The van der Waals surface area contributed by atoms with Crippen LogP contribution in [0.15, 0.2) is 30.4 Å². The van der Waals surface area contributed by atoms with Crippen LogP contribution in [-0.4, -0.2) is 34.7 Å². The summed E-state index contributed by atoms with van der Waals surface area (Å²) in [4.78, 5) is 27.3. The molecule has 5 heteroatoms. The van der Waals surface area contributed by atoms with Crippen LogP contribution in [0.5, 0.6) is 0 Å². The standard InChI is InChI=1S/C18H19NO4/c1-10-4-5-12(11(2)8-10)19-15(21)13-14(16(19)22)18(9-20)7-6-17(13,3)23-18/h4-8,13-14,20H,9H2,1-3H3/t13-,14+,17-,18+/m0/s1. The lowest BCUT2D eigenvalue weighted by Crippen LogP contribution is -2.43. The summed E-state index contributed by atoms with van der Waals surface area (Å²) in [5.74, 6) is -1.76. The molecule has 3 aliphatic heterocycles. The maximum absolute atomic E-state index is 13.0. The van der Waals surface area contributed by atoms with Crippen molar-refractivity contribution >= 4 is 17.5 Å². The predicted molar refractivity (Wildman–Crippen MR) is 83.8 cm³/mol. The van der Waals surface area contributed by atoms with Gasteiger partial charge < -0.3 is 9.84 Å². The van der Waals surface area contributed by atoms with Gasteiger partial charge in [0, 0.05) is 0 Å². The third-order valence-electron chi connectivity index (χ3n) is 5.40. The van der Waals surface area contributed by atoms with Gasteiger partial charge in [-0.05, 0) is 32.4 Å². The van der Waals surface area contributed by atoms with E-state index in [0.717, 1.165) is 11.1 Å². The second-order valence-electron chi connectivity index (χ2n) is 6.99. The van der Waals surface area contributed by atoms with Crippen LogP contribution in [0.4, 0.5) is 5.69 Å². The van der Waals surface area contributed by atoms with Gasteiger partial charge in [0.25, 0.3) is 0 Å². The minimum absolute atomic E-state index is 0.242. The lowest BCUT2D eigenvalue weighted by Gasteiger charge is -2.27. The first-order chi connectivity index (χ1) is 10.8. The summed E-state index contributed by atoms with van der Waals surface area (Å²) < 4.78 is 5.91. The van der Waals surface area contributed by atoms with E-state index in [1.807, 2.05) is 39.0 Å². The third-order valence-corrected chi connectivity index (χ3v) is 5.40. The Morgan fingerprint density at radius 1 is 1.17 bits per heavy atom. The van der Waals surface area contributed by atoms with E-state index >= 15 is 0 Å². The van der Waals surface area contributed by atoms with Crippen molar-refractivity contribution < 1.29 is 19.4 Å². The van der Waals surface area contributed by atoms with Gasteiger partial charge in [-0.2, -0.15) is 0 Å². The van der Waals surface area contributed by atoms with Crippen LogP contribution in [0, 0.1) is 25.7 Å². The molecule has 4 atom stereocenters. The molecule has 1 aromatic carbocycles. The molecular weight excluding hydrogens is 294 g/mol. The summed E-state index contributed by atoms with van der Waals surface area (Å²) in [7, 11) is 0. The molecule has 3 heterocycles. The van der Waals surface area contributed by atoms with E-state index in [0.29, 0.717) is 5.69 Å². The largest absolute Gasteiger partial charge is 0.393 e. The summed E-state index contributed by atoms with van der Waals surface area (Å²) in [5.41, 5.74) is 0.689. The van der Waals surface area contributed by atoms with Gasteiger partial charge in [0.15, 0.2) is 0 Å². The molecule has 0 aromatic heterocycles. The highest BCUT2D eigenvalue weighted by atomic mass is 16.5. The molecule has 2 fully saturated rings. The van der Waals surface area contributed by atoms with Crippen LogP contribution in [-0.2, 0) is 14.3 Å². The molecule has 2 saturated heterocycles. The number of hydrogen-bond acceptors (Lipinski definition) is 4. The molecule has 120 valence electrons. The van der Waals surface area contributed by atoms with Crippen molar-refractivity contribution in [2.75, 3.05) is 11.5 Å². The van der Waals surface area contributed by atoms with E-state index in [4.69, 9.17) is 4.74 Å². The van der Waals surface area contributed by atoms with Crippen LogP contribution in [0.1, 0.15) is 18.1 Å². The number of aryl methyl sites for hydroxylation is 2. The second kappa shape index (κ2) is 4.30. The Balaban J connectivity index is 1.83. The van der Waals surface area contributed by atoms with E-state index in [9.17, 15) is 14.7 Å². The Hall–Kier alpha value is -1.98. The van der Waals surface area contributed by atoms with E-state index in [-0.39, 0.29) is 18.4 Å². The monoisotopic (exact) mass is 313 g/mol. The molecule has 2 bridgehead atoms. The van der Waals surface area contributed by atoms with Crippen molar-refractivity contribution in [2.24, 2.45) is 11.8 Å². The minimum Gasteiger partial charge on any atom is -0.393 e. The number of imide groups is 1. The summed E-state index contributed by atoms with van der Waals surface area (Å²) in [6.07, 6.45) is 3.55. The second-order valence-corrected chi connectivity index (χ2v) is 6.99. The first-order valence-corrected chi connectivity index (χ1v) is 7.79. The predicted octanol–water partition coefficient (Wildman–Crippen LogP) is 1.50. The number of amides is 2. The molecule has 1 N–H and O–H groups in total. The van der Waals surface area contributed by atoms with Gasteiger partial charge in [-0.1, -0.05) is 29.8 Å². The highest BCUT2D eigenvalue weighted by molar-refractivity contribution is 6.23. The number of rotatable bonds is 2. The fourth-order valence-corrected chi connectivity index (χ4v) is 4.33. The van der Waals surface area contributed by atoms with Crippen molar-refractivity contribution in [3.05, 3.63) is 41.5 Å². The number of nitrogens with zero attached hydrogens (tertiary/aromatic N) is 1. The molecule has 23 heavy (non-hydrogen) atoms. The number of anilines is 1. The summed E-state index contributed by atoms with van der Waals surface area (Å²) >= 11 is 0. The number of carbonyl (C=O) groups is 2. The molecule has 0 radical (unpaired) electrons. The lowest BCUT2D eigenvalue weighted by atomic mass is 9.73. The van der Waals surface area contributed by atoms with Gasteiger partial charge in [-0.3, -0.25) is 9.59 Å². The molecule has 0 unspecified atom stereocenters. The summed E-state index contributed by atoms with van der Waals surface area (Å²) in [6, 6.07) is 5.66. The number of hydrogen-bond donors (Lipinski definition) is 1. The van der Waals surface area contributed by atoms with E-state index < -0.39 is 23.0 Å². The first-order valence-electron chi connectivity index (χ1n) is 7.79. The van der Waals surface area contributed by atoms with Gasteiger partial charge in [-0.25, -0.2) is 4.90 Å². The van der Waals surface area contributed by atoms with Gasteiger partial charge in [0.05, 0.1) is 29.7 Å². The van der Waals surface area contributed by atoms with Crippen molar-refractivity contribution in [1.82, 2.24) is 0 Å². The van der Waals surface area contributed by atoms with Crippen LogP contribution in [0.2, 0.25) is 0 Å². The molecule has 0 spiro atoms. The van der Waals surface area contributed by atoms with E-state index in [2.05, 4.69) is 0 Å². The van der Waals surface area contributed by atoms with Crippen LogP contribution in [0.3, 0.4) is 0 Å². The maximum Gasteiger partial charge on any atom is 0.241 e. The number of aliphatic hydroxyl groups is 1. The fraction of sp³-hybridized carbons (Fsp3) is 0.444. The average Bonchev–Trinajstić information content (AvgIpc) is 3.07. The number of ether oxygens (including phenoxy) is 1. The Morgan fingerprint density at radius 3 is 2.52 bits per heavy atom. The highest BCUT2D eigenvalue weighted by Crippen LogP contribution is 2.57. The highest BCUT2D eigenvalue weighted by Gasteiger charge is 2.72. The Morgan fingerprint density at radius 2 is 1.87 bits per heavy atom. The number of aliphatic hydroxyl groups excluding tert-OH is 1. The SMILES string of the molecule is Cc1ccc(N2C(=O)[C@@H]3[C@H](C2=O)[C@]2(CO)C=C[C@]3(C)O2)c(C)c1. The zero-order valence-corrected chi connectivity index (χ0v) is 13.4. The maximum atomic E-state index is 13.0. The fourth-order valence-electron chi connectivity index (χ4n) is 4.33. The molecule has 4 rings (SSSR count). The Bertz CT molecular complexity index is 770. The topological polar surface area (TPSA) is 66.8 Å². The van der Waals surface area contributed by atoms with Crippen LogP contribution >= 0.6 is 0 Å². The molecule has 1 aromatic rings. The van der Waals surface area contributed by atoms with Gasteiger partial charge >= 0.3 is 0 Å². The van der Waals surface area contributed by atoms with E-state index in [1.54, 1.807) is 12.2 Å². The molecule has 0 saturated carbocycles. The molecule has 3 aliphatic rings. The zero-order valence-electron chi connectivity index (χ0n) is 13.4. The summed E-state index contributed by atoms with van der Waals surface area (Å²) in [5, 5.41) is 9.80. The molecular formula is C18H19NO4. The number of benzene rings is 1. The number of carbonyl (C=O) groups excluding carboxylic acids is 2. The lowest BCUT2D eigenvalue weighted by molar-refractivity contribution is -0.131. The third kappa shape index (κ3) is 1.64. The van der Waals surface area contributed by atoms with Crippen LogP contribution < -0.4 is 4.90 Å². The summed E-state index contributed by atoms with van der Waals surface area (Å²) in [6.45, 7) is 5.37. The molecule has 2 amide bonds. The van der Waals surface area contributed by atoms with Crippen molar-refractivity contribution in [3.63, 3.8) is 0 Å². The van der Waals surface area contributed by atoms with Crippen molar-refractivity contribution in [1.29, 1.82) is 0 Å². The van der Waals surface area contributed by atoms with Crippen molar-refractivity contribution in [2.45, 2.75) is 32.0 Å². The first kappa shape index (κ1) is 14.6. The zero-order chi connectivity index (χ0) is 16.6. The average molecular weight is 313 g/mol. The normalized spacial score (nSPS) is 37.8. The smallest absolute Gasteiger partial charge is 0.241 e. The van der Waals surface area contributed by atoms with Crippen LogP contribution in [0.25, 0.3) is 0 Å². The Labute approximate surface area is 134 Å². The van der Waals surface area contributed by atoms with Gasteiger partial charge in [0.2, 0.25) is 11.8 Å². The number of fused-ring (bicyclic) bond motifs is 5. The van der Waals surface area contributed by atoms with Gasteiger partial charge in [0.1, 0.15) is 5.60 Å². The molecule has 5 nitrogen and oxygen atoms in total. The van der Waals surface area contributed by atoms with Gasteiger partial charge in [-0.15, -0.1) is 0 Å². The Kier molecular flexibility index (Phi) is 2.73. The molecule has 0 aliphatic carbocycles.